The van der Waals surface area contributed by atoms with Gasteiger partial charge in [-0.25, -0.2) is 9.78 Å². The highest BCUT2D eigenvalue weighted by atomic mass is 16.6. The Morgan fingerprint density at radius 3 is 2.58 bits per heavy atom. The smallest absolute Gasteiger partial charge is 0.338 e. The van der Waals surface area contributed by atoms with Crippen molar-refractivity contribution in [3.05, 3.63) is 54.1 Å². The van der Waals surface area contributed by atoms with E-state index in [1.807, 2.05) is 43.7 Å². The predicted octanol–water partition coefficient (Wildman–Crippen LogP) is 3.22. The number of aryl methyl sites for hydroxylation is 1. The van der Waals surface area contributed by atoms with Crippen molar-refractivity contribution in [3.8, 4) is 0 Å². The van der Waals surface area contributed by atoms with Gasteiger partial charge in [-0.15, -0.1) is 0 Å². The van der Waals surface area contributed by atoms with E-state index in [2.05, 4.69) is 4.98 Å². The molecular weight excluding hydrogens is 304 g/mol. The van der Waals surface area contributed by atoms with Crippen molar-refractivity contribution in [3.63, 3.8) is 0 Å². The van der Waals surface area contributed by atoms with Gasteiger partial charge in [0.05, 0.1) is 18.0 Å². The van der Waals surface area contributed by atoms with E-state index >= 15 is 0 Å². The molecular formula is C19H26N2O3. The van der Waals surface area contributed by atoms with E-state index in [9.17, 15) is 9.90 Å². The molecule has 1 atom stereocenters. The molecule has 0 radical (unpaired) electrons. The molecule has 1 aromatic carbocycles. The SMILES string of the molecule is CC(C)(C)OC(=O)c1ccc(CCCC(O)Cn2ccnc2)cc1. The number of imidazole rings is 1. The zero-order valence-corrected chi connectivity index (χ0v) is 14.6. The number of ether oxygens (including phenoxy) is 1. The molecule has 1 aromatic heterocycles. The van der Waals surface area contributed by atoms with Gasteiger partial charge in [-0.1, -0.05) is 12.1 Å². The fourth-order valence-corrected chi connectivity index (χ4v) is 2.42. The third-order valence-electron chi connectivity index (χ3n) is 3.57. The largest absolute Gasteiger partial charge is 0.456 e. The molecule has 24 heavy (non-hydrogen) atoms. The molecule has 130 valence electrons. The van der Waals surface area contributed by atoms with Crippen molar-refractivity contribution >= 4 is 5.97 Å². The Bertz CT molecular complexity index is 628. The molecule has 0 aliphatic carbocycles. The van der Waals surface area contributed by atoms with Crippen LogP contribution >= 0.6 is 0 Å². The summed E-state index contributed by atoms with van der Waals surface area (Å²) in [5.74, 6) is -0.301. The predicted molar refractivity (Wildman–Crippen MR) is 92.8 cm³/mol. The maximum absolute atomic E-state index is 12.0. The lowest BCUT2D eigenvalue weighted by Crippen LogP contribution is -2.23. The Balaban J connectivity index is 1.76. The van der Waals surface area contributed by atoms with Gasteiger partial charge in [0.1, 0.15) is 5.60 Å². The molecule has 1 unspecified atom stereocenters. The van der Waals surface area contributed by atoms with Crippen LogP contribution in [-0.4, -0.2) is 32.3 Å². The van der Waals surface area contributed by atoms with Gasteiger partial charge in [0.25, 0.3) is 0 Å². The average molecular weight is 330 g/mol. The van der Waals surface area contributed by atoms with Crippen LogP contribution in [0.25, 0.3) is 0 Å². The minimum absolute atomic E-state index is 0.301. The summed E-state index contributed by atoms with van der Waals surface area (Å²) in [4.78, 5) is 15.9. The summed E-state index contributed by atoms with van der Waals surface area (Å²) >= 11 is 0. The molecule has 0 saturated heterocycles. The Hall–Kier alpha value is -2.14. The Kier molecular flexibility index (Phi) is 6.15. The number of hydrogen-bond donors (Lipinski definition) is 1. The zero-order valence-electron chi connectivity index (χ0n) is 14.6. The first-order valence-electron chi connectivity index (χ1n) is 8.29. The van der Waals surface area contributed by atoms with E-state index in [1.54, 1.807) is 24.7 Å². The van der Waals surface area contributed by atoms with Gasteiger partial charge < -0.3 is 14.4 Å². The number of carbonyl (C=O) groups is 1. The summed E-state index contributed by atoms with van der Waals surface area (Å²) in [6.07, 6.45) is 7.37. The first-order chi connectivity index (χ1) is 11.3. The quantitative estimate of drug-likeness (QED) is 0.792. The highest BCUT2D eigenvalue weighted by Gasteiger charge is 2.17. The van der Waals surface area contributed by atoms with E-state index in [4.69, 9.17) is 4.74 Å². The van der Waals surface area contributed by atoms with E-state index < -0.39 is 5.60 Å². The van der Waals surface area contributed by atoms with Crippen molar-refractivity contribution in [2.45, 2.75) is 58.3 Å². The number of carbonyl (C=O) groups excluding carboxylic acids is 1. The van der Waals surface area contributed by atoms with Crippen molar-refractivity contribution < 1.29 is 14.6 Å². The second-order valence-electron chi connectivity index (χ2n) is 7.00. The number of hydrogen-bond acceptors (Lipinski definition) is 4. The standard InChI is InChI=1S/C19H26N2O3/c1-19(2,3)24-18(23)16-9-7-15(8-10-16)5-4-6-17(22)13-21-12-11-20-14-21/h7-12,14,17,22H,4-6,13H2,1-3H3. The lowest BCUT2D eigenvalue weighted by atomic mass is 10.0. The van der Waals surface area contributed by atoms with Crippen molar-refractivity contribution in [2.24, 2.45) is 0 Å². The Morgan fingerprint density at radius 2 is 2.00 bits per heavy atom. The molecule has 0 aliphatic rings. The summed E-state index contributed by atoms with van der Waals surface area (Å²) in [5.41, 5.74) is 1.23. The van der Waals surface area contributed by atoms with Gasteiger partial charge in [0.15, 0.2) is 0 Å². The van der Waals surface area contributed by atoms with Crippen molar-refractivity contribution in [1.29, 1.82) is 0 Å². The van der Waals surface area contributed by atoms with Gasteiger partial charge in [0.2, 0.25) is 0 Å². The van der Waals surface area contributed by atoms with E-state index in [0.717, 1.165) is 24.8 Å². The summed E-state index contributed by atoms with van der Waals surface area (Å²) in [6, 6.07) is 7.49. The maximum Gasteiger partial charge on any atom is 0.338 e. The molecule has 0 amide bonds. The van der Waals surface area contributed by atoms with Crippen LogP contribution in [0.1, 0.15) is 49.5 Å². The number of aromatic nitrogens is 2. The first kappa shape index (κ1) is 18.2. The molecule has 5 nitrogen and oxygen atoms in total. The normalized spacial score (nSPS) is 12.8. The summed E-state index contributed by atoms with van der Waals surface area (Å²) in [5, 5.41) is 10.0. The summed E-state index contributed by atoms with van der Waals surface area (Å²) in [6.45, 7) is 6.13. The average Bonchev–Trinajstić information content (AvgIpc) is 2.99. The monoisotopic (exact) mass is 330 g/mol. The van der Waals surface area contributed by atoms with Crippen LogP contribution in [0, 0.1) is 0 Å². The molecule has 2 rings (SSSR count). The van der Waals surface area contributed by atoms with Gasteiger partial charge in [-0.05, 0) is 57.7 Å². The molecule has 0 bridgehead atoms. The van der Waals surface area contributed by atoms with Crippen molar-refractivity contribution in [1.82, 2.24) is 9.55 Å². The summed E-state index contributed by atoms with van der Waals surface area (Å²) < 4.78 is 7.22. The second-order valence-corrected chi connectivity index (χ2v) is 7.00. The zero-order chi connectivity index (χ0) is 17.6. The van der Waals surface area contributed by atoms with Crippen LogP contribution in [0.15, 0.2) is 43.0 Å². The number of esters is 1. The van der Waals surface area contributed by atoms with Gasteiger partial charge >= 0.3 is 5.97 Å². The molecule has 5 heteroatoms. The number of nitrogens with zero attached hydrogens (tertiary/aromatic N) is 2. The highest BCUT2D eigenvalue weighted by molar-refractivity contribution is 5.89. The summed E-state index contributed by atoms with van der Waals surface area (Å²) in [7, 11) is 0. The molecule has 0 saturated carbocycles. The van der Waals surface area contributed by atoms with Crippen LogP contribution in [0.5, 0.6) is 0 Å². The Morgan fingerprint density at radius 1 is 1.29 bits per heavy atom. The molecule has 1 N–H and O–H groups in total. The minimum atomic E-state index is -0.485. The maximum atomic E-state index is 12.0. The van der Waals surface area contributed by atoms with Crippen LogP contribution in [-0.2, 0) is 17.7 Å². The number of aliphatic hydroxyl groups excluding tert-OH is 1. The molecule has 1 heterocycles. The second kappa shape index (κ2) is 8.11. The molecule has 0 spiro atoms. The van der Waals surface area contributed by atoms with Crippen LogP contribution in [0.4, 0.5) is 0 Å². The van der Waals surface area contributed by atoms with Crippen LogP contribution in [0.2, 0.25) is 0 Å². The molecule has 0 aliphatic heterocycles. The topological polar surface area (TPSA) is 64.3 Å². The molecule has 0 fully saturated rings. The molecule has 2 aromatic rings. The third kappa shape index (κ3) is 6.16. The van der Waals surface area contributed by atoms with E-state index in [0.29, 0.717) is 12.1 Å². The van der Waals surface area contributed by atoms with Gasteiger partial charge in [-0.3, -0.25) is 0 Å². The highest BCUT2D eigenvalue weighted by Crippen LogP contribution is 2.14. The van der Waals surface area contributed by atoms with Crippen LogP contribution < -0.4 is 0 Å². The van der Waals surface area contributed by atoms with Gasteiger partial charge in [-0.2, -0.15) is 0 Å². The lowest BCUT2D eigenvalue weighted by molar-refractivity contribution is 0.00695. The van der Waals surface area contributed by atoms with E-state index in [-0.39, 0.29) is 12.1 Å². The van der Waals surface area contributed by atoms with Crippen molar-refractivity contribution in [2.75, 3.05) is 0 Å². The number of aliphatic hydroxyl groups is 1. The fraction of sp³-hybridized carbons (Fsp3) is 0.474. The Labute approximate surface area is 143 Å². The number of rotatable bonds is 7. The first-order valence-corrected chi connectivity index (χ1v) is 8.29. The third-order valence-corrected chi connectivity index (χ3v) is 3.57. The lowest BCUT2D eigenvalue weighted by Gasteiger charge is -2.19. The minimum Gasteiger partial charge on any atom is -0.456 e. The van der Waals surface area contributed by atoms with E-state index in [1.165, 1.54) is 0 Å². The van der Waals surface area contributed by atoms with Gasteiger partial charge in [0, 0.05) is 18.9 Å². The fourth-order valence-electron chi connectivity index (χ4n) is 2.42. The van der Waals surface area contributed by atoms with Crippen LogP contribution in [0.3, 0.4) is 0 Å². The number of benzene rings is 1.